The molecule has 1 heterocycles. The molecule has 0 aromatic heterocycles. The minimum absolute atomic E-state index is 0. The molecule has 5 N–H and O–H groups in total. The molecule has 0 aromatic rings. The Morgan fingerprint density at radius 3 is 2.39 bits per heavy atom. The zero-order valence-electron chi connectivity index (χ0n) is 19.7. The van der Waals surface area contributed by atoms with Gasteiger partial charge in [-0.3, -0.25) is 19.4 Å². The van der Waals surface area contributed by atoms with Crippen LogP contribution in [0.25, 0.3) is 0 Å². The van der Waals surface area contributed by atoms with Crippen LogP contribution in [-0.2, 0) is 19.2 Å². The van der Waals surface area contributed by atoms with Gasteiger partial charge in [-0.15, -0.1) is 12.4 Å². The fourth-order valence-electron chi connectivity index (χ4n) is 4.83. The van der Waals surface area contributed by atoms with Crippen molar-refractivity contribution in [2.45, 2.75) is 95.8 Å². The number of hydrogen-bond donors (Lipinski definition) is 3. The Morgan fingerprint density at radius 2 is 1.82 bits per heavy atom. The summed E-state index contributed by atoms with van der Waals surface area (Å²) in [4.78, 5) is 57.4. The highest BCUT2D eigenvalue weighted by atomic mass is 35.5. The topological polar surface area (TPSA) is 151 Å². The number of hydrogen-bond acceptors (Lipinski definition) is 5. The first-order chi connectivity index (χ1) is 15.3. The van der Waals surface area contributed by atoms with E-state index in [1.54, 1.807) is 16.7 Å². The zero-order valence-corrected chi connectivity index (χ0v) is 20.5. The van der Waals surface area contributed by atoms with Crippen molar-refractivity contribution in [3.05, 3.63) is 0 Å². The summed E-state index contributed by atoms with van der Waals surface area (Å²) >= 11 is 0. The predicted molar refractivity (Wildman–Crippen MR) is 129 cm³/mol. The first kappa shape index (κ1) is 28.7. The number of guanidine groups is 1. The van der Waals surface area contributed by atoms with E-state index in [0.717, 1.165) is 38.4 Å². The Labute approximate surface area is 202 Å². The molecular weight excluding hydrogens is 448 g/mol. The number of aldehydes is 1. The second kappa shape index (κ2) is 14.0. The number of nitrogens with zero attached hydrogens (tertiary/aromatic N) is 3. The lowest BCUT2D eigenvalue weighted by atomic mass is 9.91. The molecule has 0 spiro atoms. The van der Waals surface area contributed by atoms with Crippen molar-refractivity contribution in [2.24, 2.45) is 16.5 Å². The summed E-state index contributed by atoms with van der Waals surface area (Å²) in [6.45, 7) is 3.84. The first-order valence-corrected chi connectivity index (χ1v) is 11.7. The van der Waals surface area contributed by atoms with Crippen LogP contribution >= 0.6 is 12.4 Å². The number of nitrogens with one attached hydrogen (secondary N) is 1. The number of nitrogens with two attached hydrogens (primary N) is 2. The van der Waals surface area contributed by atoms with Gasteiger partial charge < -0.3 is 31.4 Å². The quantitative estimate of drug-likeness (QED) is 0.179. The van der Waals surface area contributed by atoms with Crippen molar-refractivity contribution in [3.63, 3.8) is 0 Å². The van der Waals surface area contributed by atoms with Gasteiger partial charge in [0.2, 0.25) is 17.7 Å². The van der Waals surface area contributed by atoms with Gasteiger partial charge in [0, 0.05) is 26.1 Å². The summed E-state index contributed by atoms with van der Waals surface area (Å²) < 4.78 is 0. The highest BCUT2D eigenvalue weighted by molar-refractivity contribution is 5.93. The lowest BCUT2D eigenvalue weighted by Crippen LogP contribution is -2.57. The molecule has 2 aliphatic rings. The molecule has 3 atom stereocenters. The molecule has 0 unspecified atom stereocenters. The van der Waals surface area contributed by atoms with Crippen LogP contribution in [0.4, 0.5) is 0 Å². The van der Waals surface area contributed by atoms with E-state index in [1.807, 2.05) is 0 Å². The Bertz CT molecular complexity index is 709. The van der Waals surface area contributed by atoms with Crippen LogP contribution in [0.3, 0.4) is 0 Å². The Kier molecular flexibility index (Phi) is 12.2. The maximum Gasteiger partial charge on any atom is 0.246 e. The number of carbonyl (C=O) groups excluding carboxylic acids is 4. The fourth-order valence-corrected chi connectivity index (χ4v) is 4.83. The molecule has 1 aliphatic carbocycles. The first-order valence-electron chi connectivity index (χ1n) is 11.7. The summed E-state index contributed by atoms with van der Waals surface area (Å²) in [5.74, 6) is -0.730. The van der Waals surface area contributed by atoms with Crippen molar-refractivity contribution in [3.8, 4) is 0 Å². The van der Waals surface area contributed by atoms with E-state index in [4.69, 9.17) is 11.5 Å². The van der Waals surface area contributed by atoms with E-state index < -0.39 is 18.1 Å². The summed E-state index contributed by atoms with van der Waals surface area (Å²) in [6.07, 6.45) is 8.00. The maximum absolute atomic E-state index is 13.8. The third-order valence-corrected chi connectivity index (χ3v) is 6.30. The van der Waals surface area contributed by atoms with Gasteiger partial charge in [0.25, 0.3) is 0 Å². The average Bonchev–Trinajstić information content (AvgIpc) is 3.24. The van der Waals surface area contributed by atoms with Crippen LogP contribution in [0.15, 0.2) is 4.99 Å². The van der Waals surface area contributed by atoms with Gasteiger partial charge in [0.1, 0.15) is 18.4 Å². The summed E-state index contributed by atoms with van der Waals surface area (Å²) in [6, 6.07) is -1.91. The van der Waals surface area contributed by atoms with Crippen molar-refractivity contribution in [1.29, 1.82) is 0 Å². The van der Waals surface area contributed by atoms with Gasteiger partial charge in [-0.25, -0.2) is 0 Å². The van der Waals surface area contributed by atoms with E-state index in [-0.39, 0.29) is 42.1 Å². The summed E-state index contributed by atoms with van der Waals surface area (Å²) in [5, 5.41) is 2.60. The zero-order chi connectivity index (χ0) is 23.7. The van der Waals surface area contributed by atoms with Crippen LogP contribution in [0, 0.1) is 0 Å². The van der Waals surface area contributed by atoms with Crippen molar-refractivity contribution in [1.82, 2.24) is 15.1 Å². The molecule has 0 radical (unpaired) electrons. The van der Waals surface area contributed by atoms with Gasteiger partial charge in [-0.1, -0.05) is 19.3 Å². The van der Waals surface area contributed by atoms with E-state index >= 15 is 0 Å². The smallest absolute Gasteiger partial charge is 0.246 e. The van der Waals surface area contributed by atoms with Gasteiger partial charge >= 0.3 is 0 Å². The molecular formula is C22H39ClN6O4. The molecule has 1 aliphatic heterocycles. The average molecular weight is 487 g/mol. The standard InChI is InChI=1S/C22H38N6O4.ClH/c1-15(26-16(2)30)20(31)27-13-7-11-19(27)21(32)28(17-8-4-3-5-9-17)18(14-29)10-6-12-25-22(23)24;/h14-15,17-19H,3-13H2,1-2H3,(H,26,30)(H4,23,24,25);1H/t15-,18-,19-;/m0./s1. The van der Waals surface area contributed by atoms with Crippen LogP contribution in [0.1, 0.15) is 71.6 Å². The number of likely N-dealkylation sites (tertiary alicyclic amines) is 1. The van der Waals surface area contributed by atoms with Gasteiger partial charge in [0.05, 0.1) is 6.04 Å². The van der Waals surface area contributed by atoms with Crippen molar-refractivity contribution >= 4 is 42.4 Å². The normalized spacial score (nSPS) is 20.2. The van der Waals surface area contributed by atoms with E-state index in [1.165, 1.54) is 6.92 Å². The Morgan fingerprint density at radius 1 is 1.15 bits per heavy atom. The number of rotatable bonds is 10. The van der Waals surface area contributed by atoms with E-state index in [2.05, 4.69) is 10.3 Å². The van der Waals surface area contributed by atoms with Crippen LogP contribution in [0.2, 0.25) is 0 Å². The van der Waals surface area contributed by atoms with Crippen LogP contribution in [-0.4, -0.2) is 77.0 Å². The molecule has 0 bridgehead atoms. The van der Waals surface area contributed by atoms with Gasteiger partial charge in [-0.05, 0) is 45.4 Å². The minimum Gasteiger partial charge on any atom is -0.370 e. The fraction of sp³-hybridized carbons (Fsp3) is 0.773. The summed E-state index contributed by atoms with van der Waals surface area (Å²) in [5.41, 5.74) is 10.8. The second-order valence-corrected chi connectivity index (χ2v) is 8.80. The monoisotopic (exact) mass is 486 g/mol. The molecule has 1 saturated heterocycles. The van der Waals surface area contributed by atoms with E-state index in [9.17, 15) is 19.2 Å². The SMILES string of the molecule is CC(=O)N[C@@H](C)C(=O)N1CCC[C@H]1C(=O)N(C1CCCCC1)[C@H](C=O)CCCN=C(N)N.Cl. The third kappa shape index (κ3) is 8.17. The van der Waals surface area contributed by atoms with Crippen LogP contribution in [0.5, 0.6) is 0 Å². The lowest BCUT2D eigenvalue weighted by molar-refractivity contribution is -0.150. The maximum atomic E-state index is 13.8. The third-order valence-electron chi connectivity index (χ3n) is 6.30. The molecule has 188 valence electrons. The largest absolute Gasteiger partial charge is 0.370 e. The Hall–Kier alpha value is -2.36. The molecule has 33 heavy (non-hydrogen) atoms. The number of aliphatic imine (C=N–C) groups is 1. The second-order valence-electron chi connectivity index (χ2n) is 8.80. The number of amides is 3. The minimum atomic E-state index is -0.703. The predicted octanol–water partition coefficient (Wildman–Crippen LogP) is 0.706. The summed E-state index contributed by atoms with van der Waals surface area (Å²) in [7, 11) is 0. The molecule has 0 aromatic carbocycles. The van der Waals surface area contributed by atoms with E-state index in [0.29, 0.717) is 38.8 Å². The number of halogens is 1. The molecule has 11 heteroatoms. The molecule has 10 nitrogen and oxygen atoms in total. The molecule has 2 fully saturated rings. The number of carbonyl (C=O) groups is 4. The highest BCUT2D eigenvalue weighted by Crippen LogP contribution is 2.29. The van der Waals surface area contributed by atoms with Crippen LogP contribution < -0.4 is 16.8 Å². The Balaban J connectivity index is 0.00000544. The van der Waals surface area contributed by atoms with Crippen molar-refractivity contribution < 1.29 is 19.2 Å². The highest BCUT2D eigenvalue weighted by Gasteiger charge is 2.42. The van der Waals surface area contributed by atoms with Crippen molar-refractivity contribution in [2.75, 3.05) is 13.1 Å². The molecule has 2 rings (SSSR count). The molecule has 3 amide bonds. The lowest BCUT2D eigenvalue weighted by Gasteiger charge is -2.41. The van der Waals surface area contributed by atoms with Gasteiger partial charge in [-0.2, -0.15) is 0 Å². The molecule has 1 saturated carbocycles. The van der Waals surface area contributed by atoms with Gasteiger partial charge in [0.15, 0.2) is 5.96 Å².